The first-order chi connectivity index (χ1) is 13.1. The van der Waals surface area contributed by atoms with Gasteiger partial charge in [-0.2, -0.15) is 13.9 Å². The van der Waals surface area contributed by atoms with Gasteiger partial charge in [0.15, 0.2) is 5.82 Å². The summed E-state index contributed by atoms with van der Waals surface area (Å²) in [5.74, 6) is 0.116. The summed E-state index contributed by atoms with van der Waals surface area (Å²) in [6.07, 6.45) is 4.81. The lowest BCUT2D eigenvalue weighted by molar-refractivity contribution is -0.0506. The molecule has 0 saturated heterocycles. The molecule has 3 rings (SSSR count). The van der Waals surface area contributed by atoms with Gasteiger partial charge in [0.2, 0.25) is 0 Å². The van der Waals surface area contributed by atoms with Crippen molar-refractivity contribution in [1.29, 1.82) is 0 Å². The van der Waals surface area contributed by atoms with E-state index in [0.717, 1.165) is 0 Å². The highest BCUT2D eigenvalue weighted by Crippen LogP contribution is 2.28. The molecule has 0 saturated carbocycles. The number of carbonyl (C=O) groups excluding carboxylic acids is 1. The summed E-state index contributed by atoms with van der Waals surface area (Å²) < 4.78 is 31.3. The number of aromatic nitrogens is 4. The number of alkyl halides is 2. The first-order valence-electron chi connectivity index (χ1n) is 8.24. The Hall–Kier alpha value is -3.36. The molecule has 2 heterocycles. The molecule has 3 aromatic rings. The van der Waals surface area contributed by atoms with Gasteiger partial charge in [-0.3, -0.25) is 4.79 Å². The van der Waals surface area contributed by atoms with E-state index in [0.29, 0.717) is 23.4 Å². The number of ether oxygens (including phenoxy) is 1. The topological polar surface area (TPSA) is 81.9 Å². The van der Waals surface area contributed by atoms with Gasteiger partial charge in [-0.1, -0.05) is 25.1 Å². The van der Waals surface area contributed by atoms with Crippen molar-refractivity contribution < 1.29 is 18.3 Å². The molecule has 0 spiro atoms. The van der Waals surface area contributed by atoms with E-state index >= 15 is 0 Å². The highest BCUT2D eigenvalue weighted by molar-refractivity contribution is 5.94. The number of halogens is 2. The van der Waals surface area contributed by atoms with Gasteiger partial charge in [-0.15, -0.1) is 0 Å². The summed E-state index contributed by atoms with van der Waals surface area (Å²) in [7, 11) is 0. The lowest BCUT2D eigenvalue weighted by Crippen LogP contribution is -2.28. The van der Waals surface area contributed by atoms with Crippen LogP contribution in [0.5, 0.6) is 5.75 Å². The molecule has 1 atom stereocenters. The molecule has 0 fully saturated rings. The normalized spacial score (nSPS) is 12.0. The highest BCUT2D eigenvalue weighted by Gasteiger charge is 2.20. The van der Waals surface area contributed by atoms with Crippen LogP contribution in [0.4, 0.5) is 8.78 Å². The number of para-hydroxylation sites is 1. The van der Waals surface area contributed by atoms with Crippen molar-refractivity contribution in [3.05, 3.63) is 66.4 Å². The largest absolute Gasteiger partial charge is 0.434 e. The van der Waals surface area contributed by atoms with Crippen LogP contribution < -0.4 is 10.1 Å². The first kappa shape index (κ1) is 18.4. The van der Waals surface area contributed by atoms with Crippen LogP contribution in [-0.4, -0.2) is 32.3 Å². The smallest absolute Gasteiger partial charge is 0.387 e. The van der Waals surface area contributed by atoms with Crippen molar-refractivity contribution in [2.24, 2.45) is 0 Å². The molecule has 9 heteroatoms. The average Bonchev–Trinajstić information content (AvgIpc) is 3.21. The second-order valence-corrected chi connectivity index (χ2v) is 5.59. The highest BCUT2D eigenvalue weighted by atomic mass is 19.3. The quantitative estimate of drug-likeness (QED) is 0.688. The molecule has 0 aliphatic heterocycles. The molecule has 0 aliphatic carbocycles. The zero-order chi connectivity index (χ0) is 19.2. The van der Waals surface area contributed by atoms with E-state index in [1.165, 1.54) is 29.6 Å². The van der Waals surface area contributed by atoms with Gasteiger partial charge in [0.05, 0.1) is 6.04 Å². The van der Waals surface area contributed by atoms with Crippen LogP contribution in [0.2, 0.25) is 0 Å². The van der Waals surface area contributed by atoms with E-state index < -0.39 is 12.7 Å². The zero-order valence-corrected chi connectivity index (χ0v) is 14.4. The Labute approximate surface area is 154 Å². The number of carbonyl (C=O) groups is 1. The third-order valence-corrected chi connectivity index (χ3v) is 3.89. The lowest BCUT2D eigenvalue weighted by atomic mass is 10.0. The molecule has 1 aromatic carbocycles. The van der Waals surface area contributed by atoms with Gasteiger partial charge in [0.1, 0.15) is 18.4 Å². The molecular formula is C18H17F2N5O2. The standard InChI is InChI=1S/C18H17F2N5O2/c1-2-14(13-5-3-4-6-15(13)27-18(19)20)24-17(26)12-7-8-22-16(9-12)25-11-21-10-23-25/h3-11,14,18H,2H2,1H3,(H,24,26). The van der Waals surface area contributed by atoms with Crippen LogP contribution in [-0.2, 0) is 0 Å². The van der Waals surface area contributed by atoms with Crippen molar-refractivity contribution >= 4 is 5.91 Å². The minimum atomic E-state index is -2.94. The fourth-order valence-corrected chi connectivity index (χ4v) is 2.62. The number of pyridine rings is 1. The van der Waals surface area contributed by atoms with Gasteiger partial charge in [0.25, 0.3) is 5.91 Å². The Balaban J connectivity index is 1.81. The number of rotatable bonds is 7. The van der Waals surface area contributed by atoms with Crippen LogP contribution in [0.3, 0.4) is 0 Å². The summed E-state index contributed by atoms with van der Waals surface area (Å²) >= 11 is 0. The molecule has 1 N–H and O–H groups in total. The maximum atomic E-state index is 12.7. The van der Waals surface area contributed by atoms with Gasteiger partial charge in [0, 0.05) is 17.3 Å². The number of amides is 1. The Kier molecular flexibility index (Phi) is 5.70. The minimum Gasteiger partial charge on any atom is -0.434 e. The van der Waals surface area contributed by atoms with Gasteiger partial charge < -0.3 is 10.1 Å². The average molecular weight is 373 g/mol. The van der Waals surface area contributed by atoms with Crippen LogP contribution in [0.25, 0.3) is 5.82 Å². The third kappa shape index (κ3) is 4.43. The number of hydrogen-bond donors (Lipinski definition) is 1. The van der Waals surface area contributed by atoms with E-state index in [-0.39, 0.29) is 11.7 Å². The summed E-state index contributed by atoms with van der Waals surface area (Å²) in [4.78, 5) is 20.7. The fourth-order valence-electron chi connectivity index (χ4n) is 2.62. The summed E-state index contributed by atoms with van der Waals surface area (Å²) in [6, 6.07) is 9.05. The summed E-state index contributed by atoms with van der Waals surface area (Å²) in [5.41, 5.74) is 0.848. The van der Waals surface area contributed by atoms with Crippen molar-refractivity contribution in [2.75, 3.05) is 0 Å². The Morgan fingerprint density at radius 1 is 1.30 bits per heavy atom. The van der Waals surface area contributed by atoms with E-state index in [2.05, 4.69) is 25.1 Å². The van der Waals surface area contributed by atoms with E-state index in [9.17, 15) is 13.6 Å². The van der Waals surface area contributed by atoms with Crippen molar-refractivity contribution in [3.8, 4) is 11.6 Å². The van der Waals surface area contributed by atoms with Crippen molar-refractivity contribution in [2.45, 2.75) is 26.0 Å². The SMILES string of the molecule is CCC(NC(=O)c1ccnc(-n2cncn2)c1)c1ccccc1OC(F)F. The number of nitrogens with zero attached hydrogens (tertiary/aromatic N) is 4. The van der Waals surface area contributed by atoms with Gasteiger partial charge in [-0.25, -0.2) is 14.6 Å². The van der Waals surface area contributed by atoms with Crippen LogP contribution in [0, 0.1) is 0 Å². The predicted octanol–water partition coefficient (Wildman–Crippen LogP) is 3.14. The number of nitrogens with one attached hydrogen (secondary N) is 1. The first-order valence-corrected chi connectivity index (χ1v) is 8.24. The predicted molar refractivity (Wildman–Crippen MR) is 92.7 cm³/mol. The zero-order valence-electron chi connectivity index (χ0n) is 14.4. The molecule has 7 nitrogen and oxygen atoms in total. The van der Waals surface area contributed by atoms with E-state index in [4.69, 9.17) is 0 Å². The molecule has 1 amide bonds. The lowest BCUT2D eigenvalue weighted by Gasteiger charge is -2.20. The molecule has 140 valence electrons. The maximum absolute atomic E-state index is 12.7. The maximum Gasteiger partial charge on any atom is 0.387 e. The van der Waals surface area contributed by atoms with E-state index in [1.807, 2.05) is 6.92 Å². The fraction of sp³-hybridized carbons (Fsp3) is 0.222. The van der Waals surface area contributed by atoms with Crippen molar-refractivity contribution in [3.63, 3.8) is 0 Å². The molecule has 0 radical (unpaired) electrons. The Morgan fingerprint density at radius 3 is 2.81 bits per heavy atom. The number of hydrogen-bond acceptors (Lipinski definition) is 5. The Morgan fingerprint density at radius 2 is 2.11 bits per heavy atom. The molecular weight excluding hydrogens is 356 g/mol. The van der Waals surface area contributed by atoms with Crippen molar-refractivity contribution in [1.82, 2.24) is 25.1 Å². The molecule has 27 heavy (non-hydrogen) atoms. The third-order valence-electron chi connectivity index (χ3n) is 3.89. The van der Waals surface area contributed by atoms with Crippen LogP contribution in [0.15, 0.2) is 55.2 Å². The molecule has 0 bridgehead atoms. The molecule has 1 unspecified atom stereocenters. The molecule has 0 aliphatic rings. The monoisotopic (exact) mass is 373 g/mol. The van der Waals surface area contributed by atoms with Gasteiger partial charge >= 0.3 is 6.61 Å². The second kappa shape index (κ2) is 8.35. The summed E-state index contributed by atoms with van der Waals surface area (Å²) in [5, 5.41) is 6.82. The second-order valence-electron chi connectivity index (χ2n) is 5.59. The Bertz CT molecular complexity index is 902. The van der Waals surface area contributed by atoms with Crippen LogP contribution >= 0.6 is 0 Å². The number of benzene rings is 1. The van der Waals surface area contributed by atoms with Crippen LogP contribution in [0.1, 0.15) is 35.3 Å². The molecule has 2 aromatic heterocycles. The summed E-state index contributed by atoms with van der Waals surface area (Å²) in [6.45, 7) is -1.10. The van der Waals surface area contributed by atoms with Gasteiger partial charge in [-0.05, 0) is 24.6 Å². The van der Waals surface area contributed by atoms with E-state index in [1.54, 1.807) is 30.3 Å². The minimum absolute atomic E-state index is 0.0395.